The van der Waals surface area contributed by atoms with E-state index in [1.165, 1.54) is 0 Å². The lowest BCUT2D eigenvalue weighted by Gasteiger charge is -1.92. The van der Waals surface area contributed by atoms with Gasteiger partial charge in [-0.25, -0.2) is 0 Å². The highest BCUT2D eigenvalue weighted by molar-refractivity contribution is 6.96. The number of rotatable bonds is 2. The Morgan fingerprint density at radius 2 is 2.43 bits per heavy atom. The minimum absolute atomic E-state index is 0.483. The van der Waals surface area contributed by atoms with Crippen LogP contribution in [0, 0.1) is 0 Å². The molecule has 0 aromatic carbocycles. The van der Waals surface area contributed by atoms with E-state index >= 15 is 0 Å². The molecule has 0 aromatic heterocycles. The first kappa shape index (κ1) is 6.89. The lowest BCUT2D eigenvalue weighted by atomic mass is 9.53. The molecule has 0 radical (unpaired) electrons. The first-order valence-corrected chi connectivity index (χ1v) is 2.49. The van der Waals surface area contributed by atoms with Crippen molar-refractivity contribution in [1.82, 2.24) is 0 Å². The fraction of sp³-hybridized carbons (Fsp3) is 0.500. The topological polar surface area (TPSA) is 37.3 Å². The van der Waals surface area contributed by atoms with E-state index < -0.39 is 11.2 Å². The van der Waals surface area contributed by atoms with Crippen molar-refractivity contribution in [3.8, 4) is 0 Å². The molecule has 1 N–H and O–H groups in total. The molecule has 5 heteroatoms. The van der Waals surface area contributed by atoms with Crippen LogP contribution in [0.3, 0.4) is 0 Å². The third kappa shape index (κ3) is 2.57. The zero-order valence-corrected chi connectivity index (χ0v) is 4.77. The first-order valence-electron chi connectivity index (χ1n) is 2.05. The lowest BCUT2D eigenvalue weighted by molar-refractivity contribution is -0.135. The zero-order chi connectivity index (χ0) is 5.86. The fourth-order valence-electron chi connectivity index (χ4n) is 0.175. The number of hydrogen-bond donors (Lipinski definition) is 1. The van der Waals surface area contributed by atoms with Crippen LogP contribution in [-0.4, -0.2) is 31.3 Å². The molecule has 0 aliphatic heterocycles. The number of halogens is 1. The molecule has 0 spiro atoms. The summed E-state index contributed by atoms with van der Waals surface area (Å²) in [6, 6.07) is 0. The second-order valence-electron chi connectivity index (χ2n) is 1.21. The monoisotopic (exact) mass is 118 g/mol. The van der Waals surface area contributed by atoms with Gasteiger partial charge in [0.1, 0.15) is 7.17 Å². The Morgan fingerprint density at radius 1 is 2.00 bits per heavy atom. The van der Waals surface area contributed by atoms with Crippen LogP contribution in [-0.2, 0) is 4.79 Å². The number of carbonyl (C=O) groups is 1. The van der Waals surface area contributed by atoms with Gasteiger partial charge in [-0.05, 0) is 0 Å². The summed E-state index contributed by atoms with van der Waals surface area (Å²) in [6.45, 7) is 0. The quantitative estimate of drug-likeness (QED) is 0.358. The van der Waals surface area contributed by atoms with Gasteiger partial charge >= 0.3 is 5.97 Å². The molecule has 38 valence electrons. The van der Waals surface area contributed by atoms with E-state index in [0.717, 1.165) is 0 Å². The highest BCUT2D eigenvalue weighted by Gasteiger charge is 2.09. The second-order valence-corrected chi connectivity index (χ2v) is 1.74. The maximum absolute atomic E-state index is 9.80. The van der Waals surface area contributed by atoms with Crippen LogP contribution in [0.2, 0.25) is 0 Å². The van der Waals surface area contributed by atoms with Crippen LogP contribution in [0.15, 0.2) is 0 Å². The van der Waals surface area contributed by atoms with Crippen molar-refractivity contribution in [2.24, 2.45) is 0 Å². The molecule has 0 aromatic rings. The van der Waals surface area contributed by atoms with Gasteiger partial charge in [0.2, 0.25) is 0 Å². The normalized spacial score (nSPS) is 12.7. The molecule has 1 unspecified atom stereocenters. The van der Waals surface area contributed by atoms with E-state index in [2.05, 4.69) is 0 Å². The predicted octanol–water partition coefficient (Wildman–Crippen LogP) is -1.38. The van der Waals surface area contributed by atoms with Crippen LogP contribution in [0.4, 0.5) is 0 Å². The van der Waals surface area contributed by atoms with Gasteiger partial charge in [0.25, 0.3) is 0 Å². The van der Waals surface area contributed by atoms with Crippen molar-refractivity contribution in [1.29, 1.82) is 0 Å². The number of alkyl halides is 1. The summed E-state index contributed by atoms with van der Waals surface area (Å²) < 4.78 is 0. The van der Waals surface area contributed by atoms with Crippen LogP contribution in [0.1, 0.15) is 0 Å². The van der Waals surface area contributed by atoms with Crippen LogP contribution in [0.25, 0.3) is 0 Å². The average molecular weight is 118 g/mol. The van der Waals surface area contributed by atoms with Gasteiger partial charge in [-0.2, -0.15) is 0 Å². The predicted molar refractivity (Wildman–Crippen MR) is 33.0 cm³/mol. The van der Waals surface area contributed by atoms with Gasteiger partial charge in [0.05, 0.1) is 13.0 Å². The molecular weight excluding hydrogens is 113 g/mol. The van der Waals surface area contributed by atoms with E-state index in [4.69, 9.17) is 16.7 Å². The zero-order valence-electron chi connectivity index (χ0n) is 4.02. The van der Waals surface area contributed by atoms with Crippen LogP contribution in [0.5, 0.6) is 0 Å². The summed E-state index contributed by atoms with van der Waals surface area (Å²) in [4.78, 5) is 9.80. The molecule has 0 saturated heterocycles. The summed E-state index contributed by atoms with van der Waals surface area (Å²) in [5.41, 5.74) is 0. The SMILES string of the molecule is BBC(Cl)C(=O)O. The molecule has 7 heavy (non-hydrogen) atoms. The Kier molecular flexibility index (Phi) is 2.92. The van der Waals surface area contributed by atoms with E-state index in [1.807, 2.05) is 0 Å². The Bertz CT molecular complexity index is 76.1. The molecule has 2 nitrogen and oxygen atoms in total. The largest absolute Gasteiger partial charge is 0.481 e. The molecule has 0 fully saturated rings. The molecular formula is C2H5B2ClO2. The summed E-state index contributed by atoms with van der Waals surface area (Å²) in [6.07, 6.45) is 0. The van der Waals surface area contributed by atoms with E-state index in [1.54, 1.807) is 7.74 Å². The van der Waals surface area contributed by atoms with E-state index in [-0.39, 0.29) is 0 Å². The van der Waals surface area contributed by atoms with Crippen molar-refractivity contribution in [2.45, 2.75) is 5.28 Å². The van der Waals surface area contributed by atoms with Gasteiger partial charge in [-0.3, -0.25) is 4.79 Å². The van der Waals surface area contributed by atoms with Crippen molar-refractivity contribution in [3.05, 3.63) is 0 Å². The van der Waals surface area contributed by atoms with Crippen molar-refractivity contribution in [3.63, 3.8) is 0 Å². The third-order valence-electron chi connectivity index (χ3n) is 0.626. The van der Waals surface area contributed by atoms with Crippen LogP contribution >= 0.6 is 11.6 Å². The number of aliphatic carboxylic acids is 1. The van der Waals surface area contributed by atoms with E-state index in [9.17, 15) is 4.79 Å². The number of carboxylic acid groups (broad SMARTS) is 1. The molecule has 0 aliphatic rings. The Labute approximate surface area is 48.5 Å². The highest BCUT2D eigenvalue weighted by atomic mass is 35.5. The van der Waals surface area contributed by atoms with Crippen molar-refractivity contribution in [2.75, 3.05) is 0 Å². The number of carboxylic acids is 1. The fourth-order valence-corrected chi connectivity index (χ4v) is 0.175. The minimum Gasteiger partial charge on any atom is -0.481 e. The summed E-state index contributed by atoms with van der Waals surface area (Å²) >= 11 is 5.20. The first-order chi connectivity index (χ1) is 3.18. The van der Waals surface area contributed by atoms with Gasteiger partial charge in [-0.15, -0.1) is 11.6 Å². The molecule has 0 aliphatic carbocycles. The van der Waals surface area contributed by atoms with Gasteiger partial charge in [-0.1, -0.05) is 0 Å². The van der Waals surface area contributed by atoms with Gasteiger partial charge in [0.15, 0.2) is 0 Å². The molecule has 0 rings (SSSR count). The average Bonchev–Trinajstić information content (AvgIpc) is 1.65. The lowest BCUT2D eigenvalue weighted by Crippen LogP contribution is -2.20. The third-order valence-corrected chi connectivity index (χ3v) is 1.12. The molecule has 0 amide bonds. The van der Waals surface area contributed by atoms with Crippen molar-refractivity contribution >= 4 is 32.5 Å². The summed E-state index contributed by atoms with van der Waals surface area (Å²) in [5.74, 6) is -0.941. The van der Waals surface area contributed by atoms with E-state index in [0.29, 0.717) is 7.17 Å². The maximum atomic E-state index is 9.80. The molecule has 0 saturated carbocycles. The highest BCUT2D eigenvalue weighted by Crippen LogP contribution is 1.88. The molecule has 0 bridgehead atoms. The number of hydrogen-bond acceptors (Lipinski definition) is 1. The Balaban J connectivity index is 3.34. The van der Waals surface area contributed by atoms with Gasteiger partial charge < -0.3 is 5.11 Å². The van der Waals surface area contributed by atoms with Crippen LogP contribution < -0.4 is 0 Å². The second kappa shape index (κ2) is 2.97. The van der Waals surface area contributed by atoms with Gasteiger partial charge in [0, 0.05) is 0 Å². The Morgan fingerprint density at radius 3 is 2.43 bits per heavy atom. The standard InChI is InChI=1S/C2H5B2ClO2/c3-4-1(5)2(6)7/h1,4H,3H2,(H,6,7). The Hall–Kier alpha value is -0.110. The summed E-state index contributed by atoms with van der Waals surface area (Å²) in [7, 11) is 2.21. The van der Waals surface area contributed by atoms with Crippen molar-refractivity contribution < 1.29 is 9.90 Å². The summed E-state index contributed by atoms with van der Waals surface area (Å²) in [5, 5.41) is 7.34. The molecule has 1 atom stereocenters. The molecule has 0 heterocycles. The minimum atomic E-state index is -0.941. The smallest absolute Gasteiger partial charge is 0.312 e. The maximum Gasteiger partial charge on any atom is 0.312 e.